The number of β-amino-alcohol motifs (C(OH)–C–C–N with tert-alkyl or cyclic N) is 1. The summed E-state index contributed by atoms with van der Waals surface area (Å²) < 4.78 is 58.1. The fourth-order valence-electron chi connectivity index (χ4n) is 5.72. The lowest BCUT2D eigenvalue weighted by Crippen LogP contribution is -2.34. The number of benzene rings is 2. The van der Waals surface area contributed by atoms with Gasteiger partial charge in [0.05, 0.1) is 12.1 Å². The minimum absolute atomic E-state index is 0.0263. The van der Waals surface area contributed by atoms with Gasteiger partial charge in [0.25, 0.3) is 0 Å². The van der Waals surface area contributed by atoms with Crippen molar-refractivity contribution in [2.45, 2.75) is 31.9 Å². The van der Waals surface area contributed by atoms with Crippen LogP contribution in [0.2, 0.25) is 0 Å². The van der Waals surface area contributed by atoms with Gasteiger partial charge in [-0.2, -0.15) is 18.2 Å². The Kier molecular flexibility index (Phi) is 7.17. The first-order valence-corrected chi connectivity index (χ1v) is 13.5. The van der Waals surface area contributed by atoms with Crippen molar-refractivity contribution < 1.29 is 32.0 Å². The number of alkyl halides is 3. The van der Waals surface area contributed by atoms with E-state index in [2.05, 4.69) is 24.6 Å². The second-order valence-corrected chi connectivity index (χ2v) is 10.4. The summed E-state index contributed by atoms with van der Waals surface area (Å²) in [5.41, 5.74) is 3.41. The lowest BCUT2D eigenvalue weighted by molar-refractivity contribution is -0.159. The first-order chi connectivity index (χ1) is 20.1. The standard InChI is InChI=1S/C28H27F4N7O3/c1-16-12-18(2-3-22(16)39-9-8-38(10-11-40)27(39)41)20-13-19(29)14-21-23(20)33-15-34-25(21)37-6-4-17(5-7-37)24-35-26(42-36-24)28(30,31)32/h2-3,12-15,17,40H,4-11H2,1H3. The number of aromatic nitrogens is 4. The Morgan fingerprint density at radius 3 is 2.55 bits per heavy atom. The van der Waals surface area contributed by atoms with Gasteiger partial charge in [0.2, 0.25) is 0 Å². The smallest absolute Gasteiger partial charge is 0.395 e. The summed E-state index contributed by atoms with van der Waals surface area (Å²) in [5.74, 6) is -1.57. The van der Waals surface area contributed by atoms with Gasteiger partial charge in [-0.1, -0.05) is 11.2 Å². The number of aryl methyl sites for hydroxylation is 1. The fourth-order valence-corrected chi connectivity index (χ4v) is 5.72. The average molecular weight is 586 g/mol. The van der Waals surface area contributed by atoms with Crippen LogP contribution in [0.4, 0.5) is 33.9 Å². The van der Waals surface area contributed by atoms with E-state index >= 15 is 4.39 Å². The van der Waals surface area contributed by atoms with Crippen LogP contribution in [0.3, 0.4) is 0 Å². The van der Waals surface area contributed by atoms with Crippen LogP contribution < -0.4 is 9.80 Å². The third-order valence-corrected chi connectivity index (χ3v) is 7.79. The van der Waals surface area contributed by atoms with Crippen molar-refractivity contribution in [3.05, 3.63) is 59.8 Å². The average Bonchev–Trinajstić information content (AvgIpc) is 3.61. The fraction of sp³-hybridized carbons (Fsp3) is 0.393. The Morgan fingerprint density at radius 2 is 1.86 bits per heavy atom. The normalized spacial score (nSPS) is 16.7. The summed E-state index contributed by atoms with van der Waals surface area (Å²) in [7, 11) is 0. The number of fused-ring (bicyclic) bond motifs is 1. The molecule has 220 valence electrons. The van der Waals surface area contributed by atoms with Crippen molar-refractivity contribution in [3.63, 3.8) is 0 Å². The van der Waals surface area contributed by atoms with Crippen LogP contribution >= 0.6 is 0 Å². The monoisotopic (exact) mass is 585 g/mol. The van der Waals surface area contributed by atoms with E-state index in [-0.39, 0.29) is 30.9 Å². The first-order valence-electron chi connectivity index (χ1n) is 13.5. The molecule has 1 N–H and O–H groups in total. The highest BCUT2D eigenvalue weighted by atomic mass is 19.4. The predicted molar refractivity (Wildman–Crippen MR) is 145 cm³/mol. The van der Waals surface area contributed by atoms with Gasteiger partial charge < -0.3 is 19.4 Å². The Bertz CT molecular complexity index is 1640. The maximum atomic E-state index is 15.0. The van der Waals surface area contributed by atoms with E-state index in [0.717, 1.165) is 16.8 Å². The molecule has 0 aliphatic carbocycles. The number of carbonyl (C=O) groups excluding carboxylic acids is 1. The maximum Gasteiger partial charge on any atom is 0.471 e. The van der Waals surface area contributed by atoms with Crippen LogP contribution in [0.25, 0.3) is 22.0 Å². The minimum Gasteiger partial charge on any atom is -0.395 e. The molecule has 14 heteroatoms. The number of rotatable bonds is 6. The van der Waals surface area contributed by atoms with Gasteiger partial charge in [-0.15, -0.1) is 0 Å². The van der Waals surface area contributed by atoms with Gasteiger partial charge in [-0.05, 0) is 55.2 Å². The zero-order valence-electron chi connectivity index (χ0n) is 22.6. The van der Waals surface area contributed by atoms with Gasteiger partial charge in [0.15, 0.2) is 5.82 Å². The second-order valence-electron chi connectivity index (χ2n) is 10.4. The molecule has 6 rings (SSSR count). The van der Waals surface area contributed by atoms with Crippen molar-refractivity contribution >= 4 is 28.4 Å². The number of amides is 2. The third kappa shape index (κ3) is 5.10. The number of anilines is 2. The quantitative estimate of drug-likeness (QED) is 0.323. The molecule has 4 aromatic rings. The van der Waals surface area contributed by atoms with Crippen LogP contribution in [-0.2, 0) is 6.18 Å². The van der Waals surface area contributed by atoms with Gasteiger partial charge in [-0.3, -0.25) is 4.90 Å². The molecule has 2 saturated heterocycles. The van der Waals surface area contributed by atoms with Crippen molar-refractivity contribution in [1.82, 2.24) is 25.0 Å². The highest BCUT2D eigenvalue weighted by Crippen LogP contribution is 2.37. The first kappa shape index (κ1) is 27.8. The molecule has 2 amide bonds. The van der Waals surface area contributed by atoms with E-state index in [1.54, 1.807) is 9.80 Å². The number of hydrogen-bond acceptors (Lipinski definition) is 8. The molecular weight excluding hydrogens is 558 g/mol. The molecule has 0 unspecified atom stereocenters. The number of halogens is 4. The number of aliphatic hydroxyl groups is 1. The minimum atomic E-state index is -4.69. The number of nitrogens with zero attached hydrogens (tertiary/aromatic N) is 7. The molecule has 2 aromatic carbocycles. The summed E-state index contributed by atoms with van der Waals surface area (Å²) in [6.07, 6.45) is -2.34. The Labute approximate surface area is 237 Å². The maximum absolute atomic E-state index is 15.0. The third-order valence-electron chi connectivity index (χ3n) is 7.79. The van der Waals surface area contributed by atoms with Crippen LogP contribution in [0.15, 0.2) is 41.2 Å². The summed E-state index contributed by atoms with van der Waals surface area (Å²) in [4.78, 5) is 30.4. The Hall–Kier alpha value is -4.33. The highest BCUT2D eigenvalue weighted by Gasteiger charge is 2.39. The van der Waals surface area contributed by atoms with Crippen molar-refractivity contribution in [2.24, 2.45) is 0 Å². The van der Waals surface area contributed by atoms with Crippen LogP contribution in [-0.4, -0.2) is 75.5 Å². The number of carbonyl (C=O) groups is 1. The molecule has 2 aliphatic rings. The van der Waals surface area contributed by atoms with Crippen LogP contribution in [0.5, 0.6) is 0 Å². The molecule has 0 saturated carbocycles. The molecule has 2 aliphatic heterocycles. The number of hydrogen-bond donors (Lipinski definition) is 1. The molecule has 0 atom stereocenters. The predicted octanol–water partition coefficient (Wildman–Crippen LogP) is 4.76. The lowest BCUT2D eigenvalue weighted by atomic mass is 9.95. The summed E-state index contributed by atoms with van der Waals surface area (Å²) in [6.45, 7) is 3.98. The van der Waals surface area contributed by atoms with E-state index in [0.29, 0.717) is 61.3 Å². The molecule has 42 heavy (non-hydrogen) atoms. The van der Waals surface area contributed by atoms with Gasteiger partial charge >= 0.3 is 18.1 Å². The highest BCUT2D eigenvalue weighted by molar-refractivity contribution is 6.00. The molecule has 2 aromatic heterocycles. The van der Waals surface area contributed by atoms with Gasteiger partial charge in [0.1, 0.15) is 18.0 Å². The van der Waals surface area contributed by atoms with Crippen LogP contribution in [0.1, 0.15) is 36.0 Å². The Balaban J connectivity index is 1.26. The number of urea groups is 1. The largest absolute Gasteiger partial charge is 0.471 e. The van der Waals surface area contributed by atoms with E-state index < -0.39 is 17.9 Å². The second kappa shape index (κ2) is 10.8. The molecule has 0 spiro atoms. The van der Waals surface area contributed by atoms with E-state index in [1.165, 1.54) is 18.5 Å². The van der Waals surface area contributed by atoms with E-state index in [9.17, 15) is 23.1 Å². The molecule has 2 fully saturated rings. The zero-order valence-corrected chi connectivity index (χ0v) is 22.6. The summed E-state index contributed by atoms with van der Waals surface area (Å²) >= 11 is 0. The van der Waals surface area contributed by atoms with E-state index in [4.69, 9.17) is 0 Å². The number of aliphatic hydroxyl groups excluding tert-OH is 1. The molecule has 0 bridgehead atoms. The van der Waals surface area contributed by atoms with Gasteiger partial charge in [-0.25, -0.2) is 19.2 Å². The molecule has 0 radical (unpaired) electrons. The van der Waals surface area contributed by atoms with Gasteiger partial charge in [0, 0.05) is 55.3 Å². The summed E-state index contributed by atoms with van der Waals surface area (Å²) in [6, 6.07) is 8.17. The van der Waals surface area contributed by atoms with Crippen molar-refractivity contribution in [3.8, 4) is 11.1 Å². The summed E-state index contributed by atoms with van der Waals surface area (Å²) in [5, 5.41) is 13.3. The Morgan fingerprint density at radius 1 is 1.07 bits per heavy atom. The SMILES string of the molecule is Cc1cc(-c2cc(F)cc3c(N4CCC(c5noc(C(F)(F)F)n5)CC4)ncnc23)ccc1N1CCN(CCO)C1=O. The zero-order chi connectivity index (χ0) is 29.6. The number of piperidine rings is 1. The topological polar surface area (TPSA) is 112 Å². The lowest BCUT2D eigenvalue weighted by Gasteiger charge is -2.32. The molecular formula is C28H27F4N7O3. The van der Waals surface area contributed by atoms with Crippen molar-refractivity contribution in [2.75, 3.05) is 49.1 Å². The van der Waals surface area contributed by atoms with E-state index in [1.807, 2.05) is 30.0 Å². The van der Waals surface area contributed by atoms with Crippen molar-refractivity contribution in [1.29, 1.82) is 0 Å². The molecule has 10 nitrogen and oxygen atoms in total. The van der Waals surface area contributed by atoms with Crippen LogP contribution in [0, 0.1) is 12.7 Å². The molecule has 4 heterocycles.